The van der Waals surface area contributed by atoms with Gasteiger partial charge in [0, 0.05) is 34.8 Å². The highest BCUT2D eigenvalue weighted by atomic mass is 16.1. The van der Waals surface area contributed by atoms with Crippen LogP contribution in [0.25, 0.3) is 16.5 Å². The summed E-state index contributed by atoms with van der Waals surface area (Å²) in [7, 11) is 0. The van der Waals surface area contributed by atoms with E-state index in [1.54, 1.807) is 0 Å². The van der Waals surface area contributed by atoms with E-state index in [2.05, 4.69) is 73.5 Å². The molecule has 0 bridgehead atoms. The Morgan fingerprint density at radius 2 is 1.86 bits per heavy atom. The molecule has 1 N–H and O–H groups in total. The van der Waals surface area contributed by atoms with Crippen LogP contribution < -0.4 is 5.32 Å². The summed E-state index contributed by atoms with van der Waals surface area (Å²) in [6.45, 7) is 6.51. The van der Waals surface area contributed by atoms with Gasteiger partial charge in [0.25, 0.3) is 0 Å². The molecule has 1 aromatic heterocycles. The summed E-state index contributed by atoms with van der Waals surface area (Å²) in [6.07, 6.45) is 3.32. The monoisotopic (exact) mass is 368 g/mol. The van der Waals surface area contributed by atoms with E-state index in [-0.39, 0.29) is 17.2 Å². The molecule has 140 valence electrons. The number of Topliss-reactive ketones (excluding diaryl/α,β-unsaturated/α-hetero) is 1. The zero-order chi connectivity index (χ0) is 19.5. The number of ketones is 1. The minimum atomic E-state index is -0.0959. The standard InChI is InChI=1S/C25H24N2O/c1-15-7-4-5-8-16(15)24-23-18(13-25(2,3)14-21(23)28)22-17-9-6-12-26-19(17)10-11-20(22)27-24/h4-12,24,27H,13-14H2,1-3H3/t24-/m1/s1. The second-order valence-electron chi connectivity index (χ2n) is 8.83. The largest absolute Gasteiger partial charge is 0.373 e. The quantitative estimate of drug-likeness (QED) is 0.585. The van der Waals surface area contributed by atoms with E-state index in [9.17, 15) is 4.79 Å². The second kappa shape index (κ2) is 6.03. The summed E-state index contributed by atoms with van der Waals surface area (Å²) in [5.74, 6) is 0.263. The maximum atomic E-state index is 13.4. The average molecular weight is 368 g/mol. The highest BCUT2D eigenvalue weighted by molar-refractivity contribution is 6.12. The van der Waals surface area contributed by atoms with Crippen molar-refractivity contribution in [3.05, 3.63) is 77.0 Å². The molecule has 3 nitrogen and oxygen atoms in total. The molecule has 0 unspecified atom stereocenters. The lowest BCUT2D eigenvalue weighted by Gasteiger charge is -2.40. The molecular weight excluding hydrogens is 344 g/mol. The van der Waals surface area contributed by atoms with Crippen LogP contribution in [-0.2, 0) is 4.79 Å². The van der Waals surface area contributed by atoms with E-state index in [4.69, 9.17) is 0 Å². The lowest BCUT2D eigenvalue weighted by molar-refractivity contribution is -0.118. The summed E-state index contributed by atoms with van der Waals surface area (Å²) < 4.78 is 0. The number of anilines is 1. The zero-order valence-electron chi connectivity index (χ0n) is 16.5. The Balaban J connectivity index is 1.83. The number of nitrogens with one attached hydrogen (secondary N) is 1. The van der Waals surface area contributed by atoms with Crippen molar-refractivity contribution >= 4 is 27.9 Å². The summed E-state index contributed by atoms with van der Waals surface area (Å²) in [6, 6.07) is 16.5. The van der Waals surface area contributed by atoms with Crippen LogP contribution in [0, 0.1) is 12.3 Å². The smallest absolute Gasteiger partial charge is 0.162 e. The van der Waals surface area contributed by atoms with Crippen molar-refractivity contribution in [2.75, 3.05) is 5.32 Å². The fourth-order valence-electron chi connectivity index (χ4n) is 4.86. The maximum Gasteiger partial charge on any atom is 0.162 e. The number of carbonyl (C=O) groups is 1. The molecule has 0 fully saturated rings. The van der Waals surface area contributed by atoms with Crippen molar-refractivity contribution in [2.45, 2.75) is 39.7 Å². The Bertz CT molecular complexity index is 1160. The van der Waals surface area contributed by atoms with Gasteiger partial charge in [-0.1, -0.05) is 44.2 Å². The molecule has 28 heavy (non-hydrogen) atoms. The first-order valence-electron chi connectivity index (χ1n) is 9.91. The third-order valence-electron chi connectivity index (χ3n) is 6.09. The van der Waals surface area contributed by atoms with Gasteiger partial charge in [-0.15, -0.1) is 0 Å². The van der Waals surface area contributed by atoms with Crippen LogP contribution in [0.15, 0.2) is 60.3 Å². The van der Waals surface area contributed by atoms with E-state index >= 15 is 0 Å². The summed E-state index contributed by atoms with van der Waals surface area (Å²) in [5, 5.41) is 4.82. The van der Waals surface area contributed by atoms with Gasteiger partial charge < -0.3 is 5.32 Å². The summed E-state index contributed by atoms with van der Waals surface area (Å²) >= 11 is 0. The van der Waals surface area contributed by atoms with E-state index < -0.39 is 0 Å². The van der Waals surface area contributed by atoms with Gasteiger partial charge in [-0.05, 0) is 53.7 Å². The number of fused-ring (bicyclic) bond motifs is 4. The fraction of sp³-hybridized carbons (Fsp3) is 0.280. The Labute approximate surface area is 165 Å². The van der Waals surface area contributed by atoms with Crippen molar-refractivity contribution in [1.29, 1.82) is 0 Å². The Hall–Kier alpha value is -2.94. The Kier molecular flexibility index (Phi) is 3.70. The van der Waals surface area contributed by atoms with Crippen LogP contribution in [0.3, 0.4) is 0 Å². The zero-order valence-corrected chi connectivity index (χ0v) is 16.5. The lowest BCUT2D eigenvalue weighted by Crippen LogP contribution is -2.33. The van der Waals surface area contributed by atoms with E-state index in [1.807, 2.05) is 12.3 Å². The molecule has 2 aliphatic rings. The number of rotatable bonds is 1. The number of pyridine rings is 1. The third-order valence-corrected chi connectivity index (χ3v) is 6.09. The van der Waals surface area contributed by atoms with Gasteiger partial charge in [-0.2, -0.15) is 0 Å². The fourth-order valence-corrected chi connectivity index (χ4v) is 4.86. The Morgan fingerprint density at radius 3 is 2.68 bits per heavy atom. The van der Waals surface area contributed by atoms with Crippen LogP contribution in [0.2, 0.25) is 0 Å². The molecule has 2 heterocycles. The molecule has 1 atom stereocenters. The van der Waals surface area contributed by atoms with Crippen molar-refractivity contribution in [3.63, 3.8) is 0 Å². The molecule has 0 saturated carbocycles. The molecule has 0 saturated heterocycles. The van der Waals surface area contributed by atoms with Gasteiger partial charge in [0.1, 0.15) is 0 Å². The van der Waals surface area contributed by atoms with Crippen molar-refractivity contribution in [2.24, 2.45) is 5.41 Å². The molecule has 1 aliphatic heterocycles. The highest BCUT2D eigenvalue weighted by Crippen LogP contribution is 2.52. The topological polar surface area (TPSA) is 42.0 Å². The van der Waals surface area contributed by atoms with Gasteiger partial charge in [0.2, 0.25) is 0 Å². The number of aromatic nitrogens is 1. The first-order valence-corrected chi connectivity index (χ1v) is 9.91. The van der Waals surface area contributed by atoms with Crippen molar-refractivity contribution in [1.82, 2.24) is 4.98 Å². The van der Waals surface area contributed by atoms with Gasteiger partial charge >= 0.3 is 0 Å². The molecule has 0 radical (unpaired) electrons. The second-order valence-corrected chi connectivity index (χ2v) is 8.83. The molecular formula is C25H24N2O. The first-order chi connectivity index (χ1) is 13.4. The number of aryl methyl sites for hydroxylation is 1. The number of benzene rings is 2. The van der Waals surface area contributed by atoms with Crippen LogP contribution in [0.5, 0.6) is 0 Å². The van der Waals surface area contributed by atoms with Crippen LogP contribution in [-0.4, -0.2) is 10.8 Å². The molecule has 1 aliphatic carbocycles. The van der Waals surface area contributed by atoms with Crippen LogP contribution in [0.4, 0.5) is 5.69 Å². The number of carbonyl (C=O) groups excluding carboxylic acids is 1. The summed E-state index contributed by atoms with van der Waals surface area (Å²) in [5.41, 5.74) is 7.71. The number of nitrogens with zero attached hydrogens (tertiary/aromatic N) is 1. The number of allylic oxidation sites excluding steroid dienone is 1. The minimum absolute atomic E-state index is 0.0365. The van der Waals surface area contributed by atoms with E-state index in [0.717, 1.165) is 34.1 Å². The molecule has 0 spiro atoms. The molecule has 3 aromatic rings. The van der Waals surface area contributed by atoms with E-state index in [0.29, 0.717) is 6.42 Å². The van der Waals surface area contributed by atoms with Gasteiger partial charge in [-0.3, -0.25) is 9.78 Å². The molecule has 0 amide bonds. The van der Waals surface area contributed by atoms with Crippen LogP contribution in [0.1, 0.15) is 49.4 Å². The molecule has 2 aromatic carbocycles. The SMILES string of the molecule is Cc1ccccc1[C@H]1Nc2ccc3ncccc3c2C2=C1C(=O)CC(C)(C)C2. The van der Waals surface area contributed by atoms with Gasteiger partial charge in [-0.25, -0.2) is 0 Å². The van der Waals surface area contributed by atoms with Crippen LogP contribution >= 0.6 is 0 Å². The number of hydrogen-bond donors (Lipinski definition) is 1. The first kappa shape index (κ1) is 17.2. The highest BCUT2D eigenvalue weighted by Gasteiger charge is 2.41. The summed E-state index contributed by atoms with van der Waals surface area (Å²) in [4.78, 5) is 17.9. The number of hydrogen-bond acceptors (Lipinski definition) is 3. The predicted octanol–water partition coefficient (Wildman–Crippen LogP) is 5.85. The van der Waals surface area contributed by atoms with Gasteiger partial charge in [0.15, 0.2) is 5.78 Å². The molecule has 3 heteroatoms. The van der Waals surface area contributed by atoms with Gasteiger partial charge in [0.05, 0.1) is 11.6 Å². The van der Waals surface area contributed by atoms with Crippen molar-refractivity contribution in [3.8, 4) is 0 Å². The van der Waals surface area contributed by atoms with E-state index in [1.165, 1.54) is 16.7 Å². The van der Waals surface area contributed by atoms with Crippen molar-refractivity contribution < 1.29 is 4.79 Å². The minimum Gasteiger partial charge on any atom is -0.373 e. The predicted molar refractivity (Wildman–Crippen MR) is 114 cm³/mol. The third kappa shape index (κ3) is 2.57. The normalized spacial score (nSPS) is 20.5. The maximum absolute atomic E-state index is 13.4. The molecule has 5 rings (SSSR count). The lowest BCUT2D eigenvalue weighted by atomic mass is 9.67. The Morgan fingerprint density at radius 1 is 1.04 bits per heavy atom. The average Bonchev–Trinajstić information content (AvgIpc) is 2.66.